The van der Waals surface area contributed by atoms with Crippen molar-refractivity contribution in [2.45, 2.75) is 46.0 Å². The van der Waals surface area contributed by atoms with Crippen LogP contribution in [0.4, 0.5) is 0 Å². The first-order chi connectivity index (χ1) is 10.6. The number of hydrogen-bond acceptors (Lipinski definition) is 3. The van der Waals surface area contributed by atoms with E-state index in [1.54, 1.807) is 0 Å². The molecule has 2 aliphatic heterocycles. The summed E-state index contributed by atoms with van der Waals surface area (Å²) in [7, 11) is 0. The summed E-state index contributed by atoms with van der Waals surface area (Å²) < 4.78 is 5.31. The van der Waals surface area contributed by atoms with Gasteiger partial charge in [-0.1, -0.05) is 13.8 Å². The Morgan fingerprint density at radius 3 is 2.14 bits per heavy atom. The van der Waals surface area contributed by atoms with Crippen molar-refractivity contribution in [1.29, 1.82) is 0 Å². The number of hydrogen-bond donors (Lipinski definition) is 0. The second kappa shape index (κ2) is 8.51. The Morgan fingerprint density at radius 2 is 1.55 bits per heavy atom. The number of nitrogens with zero attached hydrogens (tertiary/aromatic N) is 2. The first kappa shape index (κ1) is 17.3. The maximum Gasteiger partial charge on any atom is 0.225 e. The lowest BCUT2D eigenvalue weighted by molar-refractivity contribution is -0.142. The summed E-state index contributed by atoms with van der Waals surface area (Å²) in [6, 6.07) is 0. The standard InChI is InChI=1S/C17H30N2O3/c1-3-15(17(21)19-9-11-22-12-10-19)13-14(2)16(20)18-7-5-4-6-8-18/h14-15H,3-13H2,1-2H3. The highest BCUT2D eigenvalue weighted by Gasteiger charge is 2.29. The Hall–Kier alpha value is -1.10. The van der Waals surface area contributed by atoms with Gasteiger partial charge in [0.1, 0.15) is 0 Å². The molecule has 2 saturated heterocycles. The van der Waals surface area contributed by atoms with Crippen LogP contribution in [-0.2, 0) is 14.3 Å². The van der Waals surface area contributed by atoms with Gasteiger partial charge in [0.2, 0.25) is 11.8 Å². The molecule has 2 aliphatic rings. The van der Waals surface area contributed by atoms with Crippen molar-refractivity contribution in [3.05, 3.63) is 0 Å². The van der Waals surface area contributed by atoms with Gasteiger partial charge in [-0.15, -0.1) is 0 Å². The van der Waals surface area contributed by atoms with Crippen LogP contribution in [0.3, 0.4) is 0 Å². The molecule has 0 radical (unpaired) electrons. The molecular formula is C17H30N2O3. The number of rotatable bonds is 5. The van der Waals surface area contributed by atoms with E-state index in [9.17, 15) is 9.59 Å². The van der Waals surface area contributed by atoms with Crippen LogP contribution in [0, 0.1) is 11.8 Å². The first-order valence-electron chi connectivity index (χ1n) is 8.78. The van der Waals surface area contributed by atoms with Crippen LogP contribution >= 0.6 is 0 Å². The Labute approximate surface area is 134 Å². The molecule has 0 saturated carbocycles. The molecule has 0 N–H and O–H groups in total. The van der Waals surface area contributed by atoms with Gasteiger partial charge >= 0.3 is 0 Å². The van der Waals surface area contributed by atoms with Gasteiger partial charge < -0.3 is 14.5 Å². The molecular weight excluding hydrogens is 280 g/mol. The van der Waals surface area contributed by atoms with Gasteiger partial charge in [0.25, 0.3) is 0 Å². The molecule has 0 spiro atoms. The van der Waals surface area contributed by atoms with Crippen molar-refractivity contribution in [1.82, 2.24) is 9.80 Å². The maximum absolute atomic E-state index is 12.6. The zero-order chi connectivity index (χ0) is 15.9. The molecule has 0 aromatic rings. The van der Waals surface area contributed by atoms with E-state index in [-0.39, 0.29) is 23.7 Å². The summed E-state index contributed by atoms with van der Waals surface area (Å²) >= 11 is 0. The third kappa shape index (κ3) is 4.45. The van der Waals surface area contributed by atoms with Crippen LogP contribution in [0.5, 0.6) is 0 Å². The van der Waals surface area contributed by atoms with Gasteiger partial charge in [-0.3, -0.25) is 9.59 Å². The highest BCUT2D eigenvalue weighted by Crippen LogP contribution is 2.22. The molecule has 2 unspecified atom stereocenters. The highest BCUT2D eigenvalue weighted by molar-refractivity contribution is 5.82. The predicted molar refractivity (Wildman–Crippen MR) is 85.4 cm³/mol. The number of morpholine rings is 1. The minimum atomic E-state index is -0.0620. The molecule has 126 valence electrons. The lowest BCUT2D eigenvalue weighted by atomic mass is 9.91. The Bertz CT molecular complexity index is 374. The maximum atomic E-state index is 12.6. The third-order valence-electron chi connectivity index (χ3n) is 4.89. The number of likely N-dealkylation sites (tertiary alicyclic amines) is 1. The number of carbonyl (C=O) groups excluding carboxylic acids is 2. The fraction of sp³-hybridized carbons (Fsp3) is 0.882. The van der Waals surface area contributed by atoms with Crippen LogP contribution in [-0.4, -0.2) is 61.0 Å². The predicted octanol–water partition coefficient (Wildman–Crippen LogP) is 1.91. The van der Waals surface area contributed by atoms with Crippen molar-refractivity contribution in [3.8, 4) is 0 Å². The monoisotopic (exact) mass is 310 g/mol. The quantitative estimate of drug-likeness (QED) is 0.779. The van der Waals surface area contributed by atoms with E-state index in [1.165, 1.54) is 6.42 Å². The molecule has 2 heterocycles. The summed E-state index contributed by atoms with van der Waals surface area (Å²) in [6.07, 6.45) is 4.92. The van der Waals surface area contributed by atoms with Gasteiger partial charge in [-0.2, -0.15) is 0 Å². The van der Waals surface area contributed by atoms with Gasteiger partial charge in [-0.05, 0) is 32.1 Å². The van der Waals surface area contributed by atoms with E-state index < -0.39 is 0 Å². The zero-order valence-electron chi connectivity index (χ0n) is 14.1. The van der Waals surface area contributed by atoms with Crippen LogP contribution in [0.15, 0.2) is 0 Å². The number of carbonyl (C=O) groups is 2. The second-order valence-electron chi connectivity index (χ2n) is 6.57. The van der Waals surface area contributed by atoms with E-state index >= 15 is 0 Å². The number of piperidine rings is 1. The first-order valence-corrected chi connectivity index (χ1v) is 8.78. The smallest absolute Gasteiger partial charge is 0.225 e. The number of ether oxygens (including phenoxy) is 1. The third-order valence-corrected chi connectivity index (χ3v) is 4.89. The van der Waals surface area contributed by atoms with Gasteiger partial charge in [0.05, 0.1) is 13.2 Å². The summed E-state index contributed by atoms with van der Waals surface area (Å²) in [4.78, 5) is 29.0. The molecule has 2 atom stereocenters. The lowest BCUT2D eigenvalue weighted by Crippen LogP contribution is -2.45. The molecule has 2 amide bonds. The van der Waals surface area contributed by atoms with Crippen molar-refractivity contribution >= 4 is 11.8 Å². The van der Waals surface area contributed by atoms with E-state index in [4.69, 9.17) is 4.74 Å². The van der Waals surface area contributed by atoms with E-state index in [0.717, 1.165) is 32.4 Å². The summed E-state index contributed by atoms with van der Waals surface area (Å²) in [5, 5.41) is 0. The summed E-state index contributed by atoms with van der Waals surface area (Å²) in [5.74, 6) is 0.326. The molecule has 0 aliphatic carbocycles. The molecule has 22 heavy (non-hydrogen) atoms. The van der Waals surface area contributed by atoms with Crippen molar-refractivity contribution in [3.63, 3.8) is 0 Å². The SMILES string of the molecule is CCC(CC(C)C(=O)N1CCCCC1)C(=O)N1CCOCC1. The minimum absolute atomic E-state index is 0.0400. The number of amides is 2. The van der Waals surface area contributed by atoms with Crippen LogP contribution < -0.4 is 0 Å². The van der Waals surface area contributed by atoms with Gasteiger partial charge in [-0.25, -0.2) is 0 Å². The van der Waals surface area contributed by atoms with E-state index in [2.05, 4.69) is 0 Å². The van der Waals surface area contributed by atoms with E-state index in [1.807, 2.05) is 23.6 Å². The van der Waals surface area contributed by atoms with Gasteiger partial charge in [0.15, 0.2) is 0 Å². The average Bonchev–Trinajstić information content (AvgIpc) is 2.59. The lowest BCUT2D eigenvalue weighted by Gasteiger charge is -2.33. The van der Waals surface area contributed by atoms with E-state index in [0.29, 0.717) is 32.7 Å². The topological polar surface area (TPSA) is 49.9 Å². The highest BCUT2D eigenvalue weighted by atomic mass is 16.5. The van der Waals surface area contributed by atoms with Crippen LogP contribution in [0.25, 0.3) is 0 Å². The van der Waals surface area contributed by atoms with Gasteiger partial charge in [0, 0.05) is 38.0 Å². The largest absolute Gasteiger partial charge is 0.378 e. The molecule has 0 aromatic carbocycles. The molecule has 2 fully saturated rings. The fourth-order valence-corrected chi connectivity index (χ4v) is 3.44. The average molecular weight is 310 g/mol. The molecule has 5 heteroatoms. The summed E-state index contributed by atoms with van der Waals surface area (Å²) in [5.41, 5.74) is 0. The second-order valence-corrected chi connectivity index (χ2v) is 6.57. The van der Waals surface area contributed by atoms with Crippen molar-refractivity contribution in [2.24, 2.45) is 11.8 Å². The van der Waals surface area contributed by atoms with Crippen LogP contribution in [0.1, 0.15) is 46.0 Å². The minimum Gasteiger partial charge on any atom is -0.378 e. The Balaban J connectivity index is 1.87. The molecule has 2 rings (SSSR count). The molecule has 0 aromatic heterocycles. The van der Waals surface area contributed by atoms with Crippen molar-refractivity contribution in [2.75, 3.05) is 39.4 Å². The Morgan fingerprint density at radius 1 is 0.955 bits per heavy atom. The zero-order valence-corrected chi connectivity index (χ0v) is 14.1. The van der Waals surface area contributed by atoms with Crippen molar-refractivity contribution < 1.29 is 14.3 Å². The molecule has 0 bridgehead atoms. The normalized spacial score (nSPS) is 22.3. The summed E-state index contributed by atoms with van der Waals surface area (Å²) in [6.45, 7) is 8.42. The Kier molecular flexibility index (Phi) is 6.68. The van der Waals surface area contributed by atoms with Crippen LogP contribution in [0.2, 0.25) is 0 Å². The fourth-order valence-electron chi connectivity index (χ4n) is 3.44. The molecule has 5 nitrogen and oxygen atoms in total.